The summed E-state index contributed by atoms with van der Waals surface area (Å²) >= 11 is 0. The number of hydrogen-bond donors (Lipinski definition) is 1. The zero-order valence-electron chi connectivity index (χ0n) is 28.0. The number of phenolic OH excluding ortho intramolecular Hbond substituents is 1. The van der Waals surface area contributed by atoms with Gasteiger partial charge in [0.2, 0.25) is 0 Å². The van der Waals surface area contributed by atoms with Gasteiger partial charge in [0.15, 0.2) is 23.0 Å². The number of rotatable bonds is 23. The fourth-order valence-electron chi connectivity index (χ4n) is 6.20. The van der Waals surface area contributed by atoms with Crippen LogP contribution in [0.4, 0.5) is 0 Å². The van der Waals surface area contributed by atoms with Crippen LogP contribution in [0, 0.1) is 11.8 Å². The number of benzene rings is 2. The van der Waals surface area contributed by atoms with Gasteiger partial charge in [-0.05, 0) is 54.7 Å². The van der Waals surface area contributed by atoms with E-state index >= 15 is 0 Å². The van der Waals surface area contributed by atoms with Crippen molar-refractivity contribution in [1.29, 1.82) is 0 Å². The molecule has 0 amide bonds. The maximum atomic E-state index is 12.6. The highest BCUT2D eigenvalue weighted by atomic mass is 16.6. The molecule has 1 fully saturated rings. The van der Waals surface area contributed by atoms with Crippen LogP contribution in [0.3, 0.4) is 0 Å². The van der Waals surface area contributed by atoms with Crippen LogP contribution < -0.4 is 14.2 Å². The summed E-state index contributed by atoms with van der Waals surface area (Å²) in [4.78, 5) is 25.1. The molecule has 0 unspecified atom stereocenters. The van der Waals surface area contributed by atoms with Gasteiger partial charge < -0.3 is 24.1 Å². The maximum absolute atomic E-state index is 12.6. The second-order valence-corrected chi connectivity index (χ2v) is 12.6. The molecule has 1 heterocycles. The highest BCUT2D eigenvalue weighted by Crippen LogP contribution is 2.35. The van der Waals surface area contributed by atoms with Gasteiger partial charge >= 0.3 is 11.9 Å². The van der Waals surface area contributed by atoms with Gasteiger partial charge in [0.05, 0.1) is 26.7 Å². The molecule has 2 aromatic carbocycles. The van der Waals surface area contributed by atoms with Crippen molar-refractivity contribution in [3.8, 4) is 23.0 Å². The van der Waals surface area contributed by atoms with Gasteiger partial charge in [-0.1, -0.05) is 109 Å². The molecule has 0 saturated carbocycles. The van der Waals surface area contributed by atoms with Gasteiger partial charge in [-0.25, -0.2) is 0 Å². The average Bonchev–Trinajstić information content (AvgIpc) is 3.38. The molecule has 1 aliphatic rings. The lowest BCUT2D eigenvalue weighted by Gasteiger charge is -2.17. The topological polar surface area (TPSA) is 91.3 Å². The molecular weight excluding hydrogens is 568 g/mol. The zero-order valence-corrected chi connectivity index (χ0v) is 28.0. The third kappa shape index (κ3) is 13.0. The Bertz CT molecular complexity index is 1160. The first-order valence-corrected chi connectivity index (χ1v) is 17.3. The minimum Gasteiger partial charge on any atom is -0.504 e. The summed E-state index contributed by atoms with van der Waals surface area (Å²) in [5.74, 6) is 0.580. The Balaban J connectivity index is 1.33. The summed E-state index contributed by atoms with van der Waals surface area (Å²) in [5, 5.41) is 9.90. The normalized spacial score (nSPS) is 16.0. The van der Waals surface area contributed by atoms with Crippen molar-refractivity contribution < 1.29 is 33.6 Å². The summed E-state index contributed by atoms with van der Waals surface area (Å²) in [5.41, 5.74) is 1.87. The van der Waals surface area contributed by atoms with Crippen molar-refractivity contribution in [3.05, 3.63) is 47.5 Å². The van der Waals surface area contributed by atoms with E-state index in [0.717, 1.165) is 30.4 Å². The number of esters is 2. The van der Waals surface area contributed by atoms with Crippen LogP contribution in [0.2, 0.25) is 0 Å². The van der Waals surface area contributed by atoms with Crippen LogP contribution in [0.15, 0.2) is 36.4 Å². The van der Waals surface area contributed by atoms with Crippen LogP contribution >= 0.6 is 0 Å². The van der Waals surface area contributed by atoms with Gasteiger partial charge in [0.1, 0.15) is 0 Å². The Kier molecular flexibility index (Phi) is 16.7. The molecule has 1 aliphatic heterocycles. The van der Waals surface area contributed by atoms with E-state index in [4.69, 9.17) is 18.9 Å². The van der Waals surface area contributed by atoms with Crippen molar-refractivity contribution in [1.82, 2.24) is 0 Å². The quantitative estimate of drug-likeness (QED) is 0.0749. The zero-order chi connectivity index (χ0) is 32.3. The lowest BCUT2D eigenvalue weighted by Crippen LogP contribution is -2.20. The molecule has 2 atom stereocenters. The van der Waals surface area contributed by atoms with E-state index in [1.54, 1.807) is 31.4 Å². The number of hydrogen-bond acceptors (Lipinski definition) is 7. The minimum absolute atomic E-state index is 0.0134. The number of carbonyl (C=O) groups is 2. The summed E-state index contributed by atoms with van der Waals surface area (Å²) in [6.45, 7) is 2.61. The predicted molar refractivity (Wildman–Crippen MR) is 178 cm³/mol. The summed E-state index contributed by atoms with van der Waals surface area (Å²) in [7, 11) is 3.06. The van der Waals surface area contributed by atoms with E-state index in [1.807, 2.05) is 12.1 Å². The van der Waals surface area contributed by atoms with E-state index in [2.05, 4.69) is 6.92 Å². The average molecular weight is 625 g/mol. The highest BCUT2D eigenvalue weighted by Gasteiger charge is 2.37. The van der Waals surface area contributed by atoms with E-state index in [-0.39, 0.29) is 29.5 Å². The Morgan fingerprint density at radius 3 is 1.87 bits per heavy atom. The van der Waals surface area contributed by atoms with Crippen LogP contribution in [0.25, 0.3) is 0 Å². The van der Waals surface area contributed by atoms with E-state index in [0.29, 0.717) is 43.1 Å². The maximum Gasteiger partial charge on any atom is 0.311 e. The van der Waals surface area contributed by atoms with Crippen molar-refractivity contribution in [3.63, 3.8) is 0 Å². The number of carbonyl (C=O) groups excluding carboxylic acids is 2. The van der Waals surface area contributed by atoms with E-state index in [1.165, 1.54) is 84.2 Å². The van der Waals surface area contributed by atoms with Gasteiger partial charge in [0, 0.05) is 12.3 Å². The second-order valence-electron chi connectivity index (χ2n) is 12.6. The fraction of sp³-hybridized carbons (Fsp3) is 0.632. The first-order chi connectivity index (χ1) is 21.9. The van der Waals surface area contributed by atoms with Crippen molar-refractivity contribution >= 4 is 11.9 Å². The Labute approximate surface area is 271 Å². The van der Waals surface area contributed by atoms with Crippen LogP contribution in [-0.4, -0.2) is 37.9 Å². The lowest BCUT2D eigenvalue weighted by atomic mass is 9.85. The molecule has 2 aromatic rings. The van der Waals surface area contributed by atoms with Crippen LogP contribution in [0.5, 0.6) is 23.0 Å². The molecule has 0 radical (unpaired) electrons. The molecule has 1 saturated heterocycles. The molecule has 7 heteroatoms. The molecule has 0 aliphatic carbocycles. The number of ether oxygens (including phenoxy) is 4. The van der Waals surface area contributed by atoms with Crippen molar-refractivity contribution in [2.45, 2.75) is 122 Å². The van der Waals surface area contributed by atoms with Crippen molar-refractivity contribution in [2.24, 2.45) is 11.8 Å². The molecule has 45 heavy (non-hydrogen) atoms. The number of aromatic hydroxyl groups is 1. The van der Waals surface area contributed by atoms with Crippen molar-refractivity contribution in [2.75, 3.05) is 20.8 Å². The first-order valence-electron chi connectivity index (χ1n) is 17.3. The SMILES string of the molecule is CCCCCCCCCCCCCCCCCC(=O)Oc1ccc(C[C@H]2COC(=O)[C@@H]2Cc2ccc(O)c(OC)c2)cc1OC. The molecular formula is C38H56O7. The Morgan fingerprint density at radius 2 is 1.27 bits per heavy atom. The monoisotopic (exact) mass is 624 g/mol. The third-order valence-electron chi connectivity index (χ3n) is 8.95. The molecule has 0 spiro atoms. The summed E-state index contributed by atoms with van der Waals surface area (Å²) < 4.78 is 21.8. The standard InChI is InChI=1S/C38H56O7/c1-4-5-6-7-8-9-10-11-12-13-14-15-16-17-18-19-37(40)45-34-23-21-29(27-36(34)43-3)24-31-28-44-38(41)32(31)25-30-20-22-33(39)35(26-30)42-2/h20-23,26-27,31-32,39H,4-19,24-25,28H2,1-3H3/t31-,32+/m0/s1. The second kappa shape index (κ2) is 20.7. The summed E-state index contributed by atoms with van der Waals surface area (Å²) in [6, 6.07) is 10.7. The fourth-order valence-corrected chi connectivity index (χ4v) is 6.20. The predicted octanol–water partition coefficient (Wildman–Crippen LogP) is 9.15. The summed E-state index contributed by atoms with van der Waals surface area (Å²) in [6.07, 6.45) is 20.8. The highest BCUT2D eigenvalue weighted by molar-refractivity contribution is 5.75. The van der Waals surface area contributed by atoms with E-state index < -0.39 is 0 Å². The van der Waals surface area contributed by atoms with E-state index in [9.17, 15) is 14.7 Å². The molecule has 250 valence electrons. The van der Waals surface area contributed by atoms with Gasteiger partial charge in [0.25, 0.3) is 0 Å². The molecule has 3 rings (SSSR count). The van der Waals surface area contributed by atoms with Gasteiger partial charge in [-0.15, -0.1) is 0 Å². The van der Waals surface area contributed by atoms with Gasteiger partial charge in [-0.3, -0.25) is 9.59 Å². The molecule has 0 bridgehead atoms. The number of unbranched alkanes of at least 4 members (excludes halogenated alkanes) is 14. The minimum atomic E-state index is -0.308. The molecule has 0 aromatic heterocycles. The number of cyclic esters (lactones) is 1. The lowest BCUT2D eigenvalue weighted by molar-refractivity contribution is -0.141. The largest absolute Gasteiger partial charge is 0.504 e. The smallest absolute Gasteiger partial charge is 0.311 e. The number of phenols is 1. The van der Waals surface area contributed by atoms with Gasteiger partial charge in [-0.2, -0.15) is 0 Å². The third-order valence-corrected chi connectivity index (χ3v) is 8.95. The van der Waals surface area contributed by atoms with Crippen LogP contribution in [-0.2, 0) is 27.2 Å². The number of methoxy groups -OCH3 is 2. The molecule has 7 nitrogen and oxygen atoms in total. The molecule has 1 N–H and O–H groups in total. The Morgan fingerprint density at radius 1 is 0.733 bits per heavy atom. The first kappa shape index (κ1) is 36.3. The van der Waals surface area contributed by atoms with Crippen LogP contribution in [0.1, 0.15) is 121 Å². The Hall–Kier alpha value is -3.22.